The van der Waals surface area contributed by atoms with E-state index in [-0.39, 0.29) is 0 Å². The average molecular weight is 293 g/mol. The van der Waals surface area contributed by atoms with Crippen molar-refractivity contribution in [3.8, 4) is 0 Å². The molecule has 5 heteroatoms. The number of hydrogen-bond donors (Lipinski definition) is 1. The van der Waals surface area contributed by atoms with Gasteiger partial charge in [-0.05, 0) is 28.7 Å². The van der Waals surface area contributed by atoms with Crippen LogP contribution in [0.3, 0.4) is 0 Å². The van der Waals surface area contributed by atoms with Gasteiger partial charge in [0, 0.05) is 18.3 Å². The van der Waals surface area contributed by atoms with Gasteiger partial charge in [0.05, 0.1) is 9.26 Å². The molecule has 0 radical (unpaired) electrons. The maximum atomic E-state index is 12.9. The van der Waals surface area contributed by atoms with E-state index in [1.165, 1.54) is 18.3 Å². The molecule has 0 atom stereocenters. The van der Waals surface area contributed by atoms with Crippen LogP contribution in [0.4, 0.5) is 4.39 Å². The summed E-state index contributed by atoms with van der Waals surface area (Å²) in [4.78, 5) is 13.9. The number of aliphatic carboxylic acids is 1. The molecular weight excluding hydrogens is 288 g/mol. The summed E-state index contributed by atoms with van der Waals surface area (Å²) in [5.41, 5.74) is 0.292. The molecule has 0 bridgehead atoms. The lowest BCUT2D eigenvalue weighted by Crippen LogP contribution is -1.90. The highest BCUT2D eigenvalue weighted by atomic mass is 127. The van der Waals surface area contributed by atoms with Crippen molar-refractivity contribution < 1.29 is 14.3 Å². The molecule has 0 aliphatic carbocycles. The molecule has 3 nitrogen and oxygen atoms in total. The summed E-state index contributed by atoms with van der Waals surface area (Å²) in [7, 11) is 0. The van der Waals surface area contributed by atoms with E-state index >= 15 is 0 Å². The van der Waals surface area contributed by atoms with Gasteiger partial charge in [0.1, 0.15) is 5.82 Å². The van der Waals surface area contributed by atoms with E-state index in [1.54, 1.807) is 22.6 Å². The molecule has 0 saturated carbocycles. The van der Waals surface area contributed by atoms with E-state index in [0.717, 1.165) is 6.08 Å². The lowest BCUT2D eigenvalue weighted by atomic mass is 10.3. The second-order valence-corrected chi connectivity index (χ2v) is 3.36. The van der Waals surface area contributed by atoms with Gasteiger partial charge in [-0.15, -0.1) is 0 Å². The Morgan fingerprint density at radius 3 is 2.92 bits per heavy atom. The summed E-state index contributed by atoms with van der Waals surface area (Å²) in [6.45, 7) is 0. The topological polar surface area (TPSA) is 50.2 Å². The Balaban J connectivity index is 2.92. The van der Waals surface area contributed by atoms with Crippen molar-refractivity contribution in [3.05, 3.63) is 33.4 Å². The first-order valence-electron chi connectivity index (χ1n) is 3.31. The lowest BCUT2D eigenvalue weighted by molar-refractivity contribution is -0.131. The predicted molar refractivity (Wildman–Crippen MR) is 53.6 cm³/mol. The Kier molecular flexibility index (Phi) is 3.35. The summed E-state index contributed by atoms with van der Waals surface area (Å²) in [6.07, 6.45) is 3.49. The van der Waals surface area contributed by atoms with Gasteiger partial charge in [-0.3, -0.25) is 4.98 Å². The zero-order valence-corrected chi connectivity index (χ0v) is 8.53. The minimum absolute atomic E-state index is 0.292. The van der Waals surface area contributed by atoms with Crippen LogP contribution in [0.15, 0.2) is 18.3 Å². The van der Waals surface area contributed by atoms with Crippen LogP contribution >= 0.6 is 22.6 Å². The summed E-state index contributed by atoms with van der Waals surface area (Å²) >= 11 is 1.80. The quantitative estimate of drug-likeness (QED) is 0.669. The molecule has 0 fully saturated rings. The molecule has 0 aromatic carbocycles. The predicted octanol–water partition coefficient (Wildman–Crippen LogP) is 1.92. The summed E-state index contributed by atoms with van der Waals surface area (Å²) < 4.78 is 13.3. The van der Waals surface area contributed by atoms with Crippen molar-refractivity contribution >= 4 is 34.6 Å². The van der Waals surface area contributed by atoms with Crippen molar-refractivity contribution in [2.24, 2.45) is 0 Å². The van der Waals surface area contributed by atoms with Crippen molar-refractivity contribution in [1.82, 2.24) is 4.98 Å². The first-order chi connectivity index (χ1) is 6.09. The molecule has 1 N–H and O–H groups in total. The van der Waals surface area contributed by atoms with Crippen molar-refractivity contribution in [2.45, 2.75) is 0 Å². The number of nitrogens with zero attached hydrogens (tertiary/aromatic N) is 1. The number of halogens is 2. The van der Waals surface area contributed by atoms with Gasteiger partial charge in [0.2, 0.25) is 0 Å². The Bertz CT molecular complexity index is 365. The Hall–Kier alpha value is -0.980. The molecule has 13 heavy (non-hydrogen) atoms. The SMILES string of the molecule is O=C(O)/C=C/c1cc(F)c(I)cn1. The van der Waals surface area contributed by atoms with Crippen LogP contribution in [0.2, 0.25) is 0 Å². The third-order valence-corrected chi connectivity index (χ3v) is 2.02. The first kappa shape index (κ1) is 10.1. The third kappa shape index (κ3) is 3.10. The van der Waals surface area contributed by atoms with Gasteiger partial charge in [-0.2, -0.15) is 0 Å². The van der Waals surface area contributed by atoms with Crippen LogP contribution < -0.4 is 0 Å². The van der Waals surface area contributed by atoms with Gasteiger partial charge >= 0.3 is 5.97 Å². The minimum Gasteiger partial charge on any atom is -0.478 e. The molecule has 68 valence electrons. The first-order valence-corrected chi connectivity index (χ1v) is 4.39. The molecule has 1 aromatic heterocycles. The fraction of sp³-hybridized carbons (Fsp3) is 0. The summed E-state index contributed by atoms with van der Waals surface area (Å²) in [5, 5.41) is 8.29. The minimum atomic E-state index is -1.08. The van der Waals surface area contributed by atoms with Crippen LogP contribution in [-0.4, -0.2) is 16.1 Å². The van der Waals surface area contributed by atoms with E-state index in [1.807, 2.05) is 0 Å². The number of rotatable bonds is 2. The highest BCUT2D eigenvalue weighted by molar-refractivity contribution is 14.1. The fourth-order valence-corrected chi connectivity index (χ4v) is 0.972. The number of pyridine rings is 1. The number of carboxylic acids is 1. The molecule has 0 unspecified atom stereocenters. The van der Waals surface area contributed by atoms with Gasteiger partial charge in [-0.1, -0.05) is 0 Å². The van der Waals surface area contributed by atoms with Gasteiger partial charge in [-0.25, -0.2) is 9.18 Å². The molecular formula is C8H5FINO2. The Morgan fingerprint density at radius 1 is 1.69 bits per heavy atom. The molecule has 1 heterocycles. The number of carboxylic acid groups (broad SMARTS) is 1. The van der Waals surface area contributed by atoms with Crippen LogP contribution in [0.1, 0.15) is 5.69 Å². The van der Waals surface area contributed by atoms with Crippen molar-refractivity contribution in [1.29, 1.82) is 0 Å². The molecule has 0 amide bonds. The lowest BCUT2D eigenvalue weighted by Gasteiger charge is -1.94. The maximum Gasteiger partial charge on any atom is 0.328 e. The van der Waals surface area contributed by atoms with Crippen LogP contribution in [-0.2, 0) is 4.79 Å². The molecule has 0 aliphatic rings. The highest BCUT2D eigenvalue weighted by Gasteiger charge is 1.99. The standard InChI is InChI=1S/C8H5FINO2/c9-6-3-5(1-2-8(12)13)11-4-7(6)10/h1-4H,(H,12,13)/b2-1+. The highest BCUT2D eigenvalue weighted by Crippen LogP contribution is 2.10. The molecule has 1 rings (SSSR count). The molecule has 0 spiro atoms. The maximum absolute atomic E-state index is 12.9. The van der Waals surface area contributed by atoms with E-state index in [4.69, 9.17) is 5.11 Å². The number of carbonyl (C=O) groups is 1. The van der Waals surface area contributed by atoms with Crippen LogP contribution in [0.5, 0.6) is 0 Å². The number of aromatic nitrogens is 1. The second-order valence-electron chi connectivity index (χ2n) is 2.19. The molecule has 1 aromatic rings. The van der Waals surface area contributed by atoms with Gasteiger partial charge in [0.25, 0.3) is 0 Å². The van der Waals surface area contributed by atoms with Crippen molar-refractivity contribution in [2.75, 3.05) is 0 Å². The monoisotopic (exact) mass is 293 g/mol. The van der Waals surface area contributed by atoms with E-state index in [0.29, 0.717) is 9.26 Å². The second kappa shape index (κ2) is 4.31. The smallest absolute Gasteiger partial charge is 0.328 e. The van der Waals surface area contributed by atoms with Gasteiger partial charge < -0.3 is 5.11 Å². The van der Waals surface area contributed by atoms with E-state index in [2.05, 4.69) is 4.98 Å². The molecule has 0 saturated heterocycles. The van der Waals surface area contributed by atoms with E-state index < -0.39 is 11.8 Å². The van der Waals surface area contributed by atoms with Crippen molar-refractivity contribution in [3.63, 3.8) is 0 Å². The summed E-state index contributed by atoms with van der Waals surface area (Å²) in [5.74, 6) is -1.48. The van der Waals surface area contributed by atoms with Crippen LogP contribution in [0, 0.1) is 9.39 Å². The largest absolute Gasteiger partial charge is 0.478 e. The Labute approximate surface area is 87.4 Å². The number of hydrogen-bond acceptors (Lipinski definition) is 2. The third-order valence-electron chi connectivity index (χ3n) is 1.23. The van der Waals surface area contributed by atoms with Crippen LogP contribution in [0.25, 0.3) is 6.08 Å². The van der Waals surface area contributed by atoms with E-state index in [9.17, 15) is 9.18 Å². The zero-order chi connectivity index (χ0) is 9.84. The molecule has 0 aliphatic heterocycles. The fourth-order valence-electron chi connectivity index (χ4n) is 0.677. The average Bonchev–Trinajstić information content (AvgIpc) is 2.07. The summed E-state index contributed by atoms with van der Waals surface area (Å²) in [6, 6.07) is 1.18. The Morgan fingerprint density at radius 2 is 2.38 bits per heavy atom. The van der Waals surface area contributed by atoms with Gasteiger partial charge in [0.15, 0.2) is 0 Å². The normalized spacial score (nSPS) is 10.6. The zero-order valence-electron chi connectivity index (χ0n) is 6.37.